The molecule has 99 heavy (non-hydrogen) atoms. The van der Waals surface area contributed by atoms with Gasteiger partial charge in [-0.25, -0.2) is 0 Å². The van der Waals surface area contributed by atoms with Crippen molar-refractivity contribution in [2.24, 2.45) is 21.5 Å². The van der Waals surface area contributed by atoms with Gasteiger partial charge in [0.2, 0.25) is 41.7 Å². The third kappa shape index (κ3) is 18.5. The Kier molecular flexibility index (Phi) is 27.4. The zero-order chi connectivity index (χ0) is 72.1. The van der Waals surface area contributed by atoms with Gasteiger partial charge in [0.15, 0.2) is 30.5 Å². The minimum atomic E-state index is -2.36. The van der Waals surface area contributed by atoms with Crippen LogP contribution in [0.5, 0.6) is 5.75 Å². The lowest BCUT2D eigenvalue weighted by atomic mass is 9.92. The van der Waals surface area contributed by atoms with Gasteiger partial charge in [0.05, 0.1) is 58.1 Å². The Labute approximate surface area is 566 Å². The quantitative estimate of drug-likeness (QED) is 0.0363. The number of nitrogens with two attached hydrogens (primary N) is 2. The maximum absolute atomic E-state index is 15.2. The SMILES string of the molecule is CCCCCCC(=O)O[C@@H]1[C@@H](O[C@H]2[C@H](O)[C@H](O)[C@@H](Oc3ccc(C[C@H]4NC(=O)[C@H](C(C)c5ccccc5)NC(=O)CNC(=O)[C@H](CO)NC(=O)[C@@H](C(O)C5CN=C(N)N5[C@H]5O[C@H](CO)[C@@H](O)[C@H](O)[C@@H]5O)NC(=O)[C@H](C(O)C5CN=C(N)N5)NC4=O)cc3)O[C@@H]2CO)O[C@H](CO)[C@@H](O)[C@@H]1O. The van der Waals surface area contributed by atoms with Crippen LogP contribution in [0, 0.1) is 0 Å². The molecule has 2 aromatic rings. The molecule has 24 N–H and O–H groups in total. The summed E-state index contributed by atoms with van der Waals surface area (Å²) in [6.07, 6.45) is -29.0. The first-order valence-electron chi connectivity index (χ1n) is 32.3. The molecule has 6 aliphatic rings. The van der Waals surface area contributed by atoms with Crippen LogP contribution in [-0.2, 0) is 63.7 Å². The van der Waals surface area contributed by atoms with Gasteiger partial charge in [-0.15, -0.1) is 0 Å². The Balaban J connectivity index is 1.09. The van der Waals surface area contributed by atoms with Gasteiger partial charge in [0, 0.05) is 18.8 Å². The van der Waals surface area contributed by atoms with Crippen LogP contribution in [-0.4, -0.2) is 317 Å². The van der Waals surface area contributed by atoms with Crippen LogP contribution >= 0.6 is 0 Å². The van der Waals surface area contributed by atoms with Crippen molar-refractivity contribution >= 4 is 53.3 Å². The molecule has 25 atom stereocenters. The highest BCUT2D eigenvalue weighted by atomic mass is 16.7. The van der Waals surface area contributed by atoms with Crippen LogP contribution in [0.3, 0.4) is 0 Å². The monoisotopic (exact) mass is 1410 g/mol. The number of benzene rings is 2. The van der Waals surface area contributed by atoms with E-state index >= 15 is 9.59 Å². The second kappa shape index (κ2) is 35.1. The Morgan fingerprint density at radius 3 is 1.86 bits per heavy atom. The molecule has 0 bridgehead atoms. The number of carbonyl (C=O) groups is 7. The first-order valence-corrected chi connectivity index (χ1v) is 32.3. The number of carbonyl (C=O) groups excluding carboxylic acids is 7. The van der Waals surface area contributed by atoms with Crippen molar-refractivity contribution in [3.8, 4) is 5.75 Å². The van der Waals surface area contributed by atoms with Crippen molar-refractivity contribution in [3.63, 3.8) is 0 Å². The Morgan fingerprint density at radius 2 is 1.21 bits per heavy atom. The smallest absolute Gasteiger partial charge is 0.306 e. The molecular weight excluding hydrogens is 1320 g/mol. The second-order valence-electron chi connectivity index (χ2n) is 24.8. The maximum Gasteiger partial charge on any atom is 0.306 e. The molecule has 4 fully saturated rings. The van der Waals surface area contributed by atoms with Crippen molar-refractivity contribution in [1.29, 1.82) is 0 Å². The minimum Gasteiger partial charge on any atom is -0.462 e. The molecule has 6 amide bonds. The lowest BCUT2D eigenvalue weighted by Crippen LogP contribution is -2.70. The molecule has 550 valence electrons. The third-order valence-electron chi connectivity index (χ3n) is 18.0. The van der Waals surface area contributed by atoms with E-state index in [2.05, 4.69) is 47.2 Å². The summed E-state index contributed by atoms with van der Waals surface area (Å²) in [4.78, 5) is 109. The summed E-state index contributed by atoms with van der Waals surface area (Å²) in [5, 5.41) is 160. The zero-order valence-corrected chi connectivity index (χ0v) is 53.9. The van der Waals surface area contributed by atoms with Gasteiger partial charge >= 0.3 is 5.97 Å². The molecule has 6 heterocycles. The Bertz CT molecular complexity index is 3130. The number of aliphatic imine (C=N–C) groups is 2. The van der Waals surface area contributed by atoms with E-state index in [1.165, 1.54) is 24.3 Å². The number of ether oxygens (including phenoxy) is 6. The van der Waals surface area contributed by atoms with Crippen molar-refractivity contribution in [2.75, 3.05) is 46.1 Å². The van der Waals surface area contributed by atoms with Crippen LogP contribution < -0.4 is 53.4 Å². The summed E-state index contributed by atoms with van der Waals surface area (Å²) in [7, 11) is 0. The van der Waals surface area contributed by atoms with Crippen LogP contribution in [0.2, 0.25) is 0 Å². The number of hydrogen-bond donors (Lipinski definition) is 22. The van der Waals surface area contributed by atoms with Crippen LogP contribution in [0.25, 0.3) is 0 Å². The Morgan fingerprint density at radius 1 is 0.606 bits per heavy atom. The van der Waals surface area contributed by atoms with Gasteiger partial charge in [-0.3, -0.25) is 43.5 Å². The number of amides is 6. The van der Waals surface area contributed by atoms with E-state index < -0.39 is 246 Å². The number of aliphatic hydroxyl groups is 13. The maximum atomic E-state index is 15.2. The summed E-state index contributed by atoms with van der Waals surface area (Å²) in [5.41, 5.74) is 12.8. The van der Waals surface area contributed by atoms with E-state index in [0.717, 1.165) is 17.7 Å². The summed E-state index contributed by atoms with van der Waals surface area (Å²) >= 11 is 0. The Hall–Kier alpha value is -7.61. The highest BCUT2D eigenvalue weighted by molar-refractivity contribution is 5.98. The molecular formula is C61H90N12O26. The van der Waals surface area contributed by atoms with Crippen molar-refractivity contribution in [3.05, 3.63) is 65.7 Å². The molecule has 2 aromatic carbocycles. The molecule has 5 unspecified atom stereocenters. The standard InChI is InChI=1S/C61H90N12O26/c1-3-4-5-9-12-37(79)98-51-46(85)44(83)34(23-76)96-59(51)99-50-35(24-77)97-58(49(88)47(50)86)94-28-15-13-26(14-16-28)17-29-53(90)71-39(41(80)30-18-65-60(62)69-30)56(93)72-40(42(81)32-19-66-61(63)73(32)57-48(87)45(84)43(82)33(22-75)95-57)55(92)68-31(21-74)52(89)64-20-36(78)70-38(54(91)67-29)25(2)27-10-7-6-8-11-27/h6-8,10-11,13-16,25,29-35,38-51,57-59,74-77,80-88H,3-5,9,12,17-24H2,1-2H3,(H2,63,66)(H,64,89)(H,67,91)(H,68,92)(H,70,78)(H,71,90)(H,72,93)(H3,62,65,69)/t25?,29-,30?,31+,32?,33-,34-,35-,38+,39+,40-,41?,42?,43-,44-,45+,46+,47-,48+,49+,50-,51+,57+,58+,59-/m1/s1. The molecule has 4 saturated heterocycles. The fourth-order valence-corrected chi connectivity index (χ4v) is 12.2. The van der Waals surface area contributed by atoms with Gasteiger partial charge < -0.3 is 148 Å². The molecule has 0 spiro atoms. The molecule has 0 radical (unpaired) electrons. The highest BCUT2D eigenvalue weighted by Crippen LogP contribution is 2.33. The molecule has 38 heteroatoms. The van der Waals surface area contributed by atoms with E-state index in [9.17, 15) is 90.4 Å². The van der Waals surface area contributed by atoms with Gasteiger partial charge in [-0.1, -0.05) is 75.6 Å². The molecule has 0 aliphatic carbocycles. The number of rotatable bonds is 23. The number of hydrogen-bond acceptors (Lipinski definition) is 32. The van der Waals surface area contributed by atoms with Crippen LogP contribution in [0.15, 0.2) is 64.6 Å². The summed E-state index contributed by atoms with van der Waals surface area (Å²) in [6.45, 7) is -2.07. The largest absolute Gasteiger partial charge is 0.462 e. The van der Waals surface area contributed by atoms with Crippen molar-refractivity contribution < 1.29 is 128 Å². The summed E-state index contributed by atoms with van der Waals surface area (Å²) in [6, 6.07) is 0.763. The van der Waals surface area contributed by atoms with Crippen LogP contribution in [0.1, 0.15) is 63.0 Å². The molecule has 38 nitrogen and oxygen atoms in total. The molecule has 0 saturated carbocycles. The highest BCUT2D eigenvalue weighted by Gasteiger charge is 2.55. The van der Waals surface area contributed by atoms with E-state index in [1.807, 2.05) is 6.92 Å². The topological polar surface area (TPSA) is 602 Å². The predicted molar refractivity (Wildman–Crippen MR) is 336 cm³/mol. The first-order chi connectivity index (χ1) is 47.2. The number of nitrogens with zero attached hydrogens (tertiary/aromatic N) is 3. The zero-order valence-electron chi connectivity index (χ0n) is 53.9. The van der Waals surface area contributed by atoms with Crippen LogP contribution in [0.4, 0.5) is 0 Å². The fraction of sp³-hybridized carbons (Fsp3) is 0.656. The van der Waals surface area contributed by atoms with Gasteiger partial charge in [0.1, 0.15) is 115 Å². The lowest BCUT2D eigenvalue weighted by Gasteiger charge is -2.46. The average molecular weight is 1410 g/mol. The van der Waals surface area contributed by atoms with Gasteiger partial charge in [0.25, 0.3) is 0 Å². The van der Waals surface area contributed by atoms with E-state index in [0.29, 0.717) is 18.4 Å². The second-order valence-corrected chi connectivity index (χ2v) is 24.8. The number of unbranched alkanes of at least 4 members (excludes halogenated alkanes) is 3. The fourth-order valence-electron chi connectivity index (χ4n) is 12.2. The molecule has 8 rings (SSSR count). The number of esters is 1. The predicted octanol–water partition coefficient (Wildman–Crippen LogP) is -11.1. The third-order valence-corrected chi connectivity index (χ3v) is 18.0. The van der Waals surface area contributed by atoms with E-state index in [4.69, 9.17) is 39.9 Å². The molecule has 6 aliphatic heterocycles. The van der Waals surface area contributed by atoms with Crippen molar-refractivity contribution in [2.45, 2.75) is 205 Å². The summed E-state index contributed by atoms with van der Waals surface area (Å²) < 4.78 is 34.6. The lowest BCUT2D eigenvalue weighted by molar-refractivity contribution is -0.353. The normalized spacial score (nSPS) is 35.4. The average Bonchev–Trinajstić information content (AvgIpc) is 1.76. The van der Waals surface area contributed by atoms with Gasteiger partial charge in [-0.05, 0) is 29.7 Å². The van der Waals surface area contributed by atoms with E-state index in [1.54, 1.807) is 37.3 Å². The number of aliphatic hydroxyl groups excluding tert-OH is 13. The van der Waals surface area contributed by atoms with Crippen molar-refractivity contribution in [1.82, 2.24) is 42.1 Å². The number of guanidine groups is 2. The first kappa shape index (κ1) is 77.1. The minimum absolute atomic E-state index is 0.0721. The summed E-state index contributed by atoms with van der Waals surface area (Å²) in [5.74, 6) is -9.84. The van der Waals surface area contributed by atoms with E-state index in [-0.39, 0.29) is 30.2 Å². The molecule has 0 aromatic heterocycles. The number of nitrogens with one attached hydrogen (secondary N) is 7. The van der Waals surface area contributed by atoms with Gasteiger partial charge in [-0.2, -0.15) is 0 Å².